The van der Waals surface area contributed by atoms with Gasteiger partial charge in [-0.25, -0.2) is 0 Å². The normalized spacial score (nSPS) is 21.1. The van der Waals surface area contributed by atoms with Gasteiger partial charge in [0.15, 0.2) is 0 Å². The molecule has 4 rings (SSSR count). The number of benzene rings is 1. The second-order valence-corrected chi connectivity index (χ2v) is 6.47. The summed E-state index contributed by atoms with van der Waals surface area (Å²) in [5.41, 5.74) is 3.77. The quantitative estimate of drug-likeness (QED) is 0.926. The average Bonchev–Trinajstić information content (AvgIpc) is 3.20. The van der Waals surface area contributed by atoms with Gasteiger partial charge in [0.05, 0.1) is 7.11 Å². The molecule has 1 N–H and O–H groups in total. The topological polar surface area (TPSA) is 45.3 Å². The molecule has 1 atom stereocenters. The number of fused-ring (bicyclic) bond motifs is 3. The molecule has 116 valence electrons. The Hall–Kier alpha value is -1.97. The molecular weight excluding hydrogens is 276 g/mol. The summed E-state index contributed by atoms with van der Waals surface area (Å²) < 4.78 is 5.35. The van der Waals surface area contributed by atoms with E-state index in [2.05, 4.69) is 22.0 Å². The van der Waals surface area contributed by atoms with Crippen LogP contribution in [0.4, 0.5) is 0 Å². The van der Waals surface area contributed by atoms with Gasteiger partial charge in [0.25, 0.3) is 0 Å². The number of methoxy groups -OCH3 is 1. The van der Waals surface area contributed by atoms with Crippen LogP contribution < -0.4 is 4.74 Å². The van der Waals surface area contributed by atoms with E-state index in [1.54, 1.807) is 7.11 Å². The van der Waals surface area contributed by atoms with E-state index in [1.165, 1.54) is 16.6 Å². The van der Waals surface area contributed by atoms with Gasteiger partial charge in [0.1, 0.15) is 5.75 Å². The molecule has 4 heteroatoms. The largest absolute Gasteiger partial charge is 0.497 e. The van der Waals surface area contributed by atoms with Gasteiger partial charge in [-0.15, -0.1) is 0 Å². The zero-order valence-electron chi connectivity index (χ0n) is 13.0. The number of ether oxygens (including phenoxy) is 1. The number of rotatable bonds is 2. The van der Waals surface area contributed by atoms with Crippen LogP contribution in [-0.2, 0) is 17.6 Å². The molecule has 1 aliphatic carbocycles. The number of H-pyrrole nitrogens is 1. The third-order valence-electron chi connectivity index (χ3n) is 5.16. The van der Waals surface area contributed by atoms with Crippen molar-refractivity contribution >= 4 is 16.8 Å². The minimum absolute atomic E-state index is 0.149. The number of likely N-dealkylation sites (tertiary alicyclic amines) is 1. The average molecular weight is 298 g/mol. The van der Waals surface area contributed by atoms with Gasteiger partial charge in [0.2, 0.25) is 5.91 Å². The minimum Gasteiger partial charge on any atom is -0.497 e. The van der Waals surface area contributed by atoms with Gasteiger partial charge in [-0.3, -0.25) is 4.79 Å². The number of hydrogen-bond donors (Lipinski definition) is 1. The fraction of sp³-hybridized carbons (Fsp3) is 0.500. The van der Waals surface area contributed by atoms with Crippen molar-refractivity contribution in [3.63, 3.8) is 0 Å². The number of nitrogens with one attached hydrogen (secondary N) is 1. The zero-order valence-corrected chi connectivity index (χ0v) is 13.0. The number of aromatic amines is 1. The SMILES string of the molecule is COc1ccc2[nH]c3c(c2c1)CC(C(=O)N1CCCC1)CC3. The monoisotopic (exact) mass is 298 g/mol. The molecule has 4 nitrogen and oxygen atoms in total. The highest BCUT2D eigenvalue weighted by Gasteiger charge is 2.31. The lowest BCUT2D eigenvalue weighted by Crippen LogP contribution is -2.36. The molecule has 1 fully saturated rings. The number of carbonyl (C=O) groups excluding carboxylic acids is 1. The zero-order chi connectivity index (χ0) is 15.1. The molecule has 0 spiro atoms. The Balaban J connectivity index is 1.65. The molecule has 2 aliphatic rings. The first kappa shape index (κ1) is 13.7. The van der Waals surface area contributed by atoms with E-state index in [4.69, 9.17) is 4.74 Å². The molecule has 1 amide bonds. The summed E-state index contributed by atoms with van der Waals surface area (Å²) >= 11 is 0. The molecule has 0 radical (unpaired) electrons. The Morgan fingerprint density at radius 1 is 1.32 bits per heavy atom. The van der Waals surface area contributed by atoms with E-state index in [9.17, 15) is 4.79 Å². The van der Waals surface area contributed by atoms with Crippen LogP contribution in [0.5, 0.6) is 5.75 Å². The summed E-state index contributed by atoms with van der Waals surface area (Å²) in [5.74, 6) is 1.39. The first-order chi connectivity index (χ1) is 10.8. The molecule has 0 saturated carbocycles. The number of aryl methyl sites for hydroxylation is 1. The number of hydrogen-bond acceptors (Lipinski definition) is 2. The van der Waals surface area contributed by atoms with Crippen molar-refractivity contribution in [1.29, 1.82) is 0 Å². The first-order valence-corrected chi connectivity index (χ1v) is 8.22. The van der Waals surface area contributed by atoms with E-state index in [0.29, 0.717) is 5.91 Å². The van der Waals surface area contributed by atoms with Crippen LogP contribution in [0, 0.1) is 5.92 Å². The maximum absolute atomic E-state index is 12.7. The van der Waals surface area contributed by atoms with E-state index in [1.807, 2.05) is 6.07 Å². The van der Waals surface area contributed by atoms with Crippen molar-refractivity contribution < 1.29 is 9.53 Å². The van der Waals surface area contributed by atoms with Crippen molar-refractivity contribution in [3.05, 3.63) is 29.5 Å². The predicted molar refractivity (Wildman–Crippen MR) is 86.2 cm³/mol. The number of nitrogens with zero attached hydrogens (tertiary/aromatic N) is 1. The molecule has 2 heterocycles. The Kier molecular flexibility index (Phi) is 3.32. The third kappa shape index (κ3) is 2.18. The van der Waals surface area contributed by atoms with E-state index < -0.39 is 0 Å². The summed E-state index contributed by atoms with van der Waals surface area (Å²) in [4.78, 5) is 18.3. The van der Waals surface area contributed by atoms with Crippen molar-refractivity contribution in [2.24, 2.45) is 5.92 Å². The van der Waals surface area contributed by atoms with E-state index in [0.717, 1.165) is 56.5 Å². The fourth-order valence-corrected chi connectivity index (χ4v) is 3.93. The number of aromatic nitrogens is 1. The van der Waals surface area contributed by atoms with Crippen molar-refractivity contribution in [2.75, 3.05) is 20.2 Å². The Morgan fingerprint density at radius 2 is 2.14 bits per heavy atom. The molecule has 0 bridgehead atoms. The van der Waals surface area contributed by atoms with Gasteiger partial charge >= 0.3 is 0 Å². The molecule has 22 heavy (non-hydrogen) atoms. The highest BCUT2D eigenvalue weighted by Crippen LogP contribution is 2.34. The summed E-state index contributed by atoms with van der Waals surface area (Å²) in [7, 11) is 1.69. The van der Waals surface area contributed by atoms with Crippen LogP contribution in [0.25, 0.3) is 10.9 Å². The van der Waals surface area contributed by atoms with Gasteiger partial charge in [-0.05, 0) is 55.9 Å². The fourth-order valence-electron chi connectivity index (χ4n) is 3.93. The Labute approximate surface area is 130 Å². The lowest BCUT2D eigenvalue weighted by atomic mass is 9.85. The highest BCUT2D eigenvalue weighted by molar-refractivity contribution is 5.88. The summed E-state index contributed by atoms with van der Waals surface area (Å²) in [6, 6.07) is 6.15. The molecule has 1 aromatic heterocycles. The van der Waals surface area contributed by atoms with Crippen LogP contribution in [0.2, 0.25) is 0 Å². The van der Waals surface area contributed by atoms with Gasteiger partial charge in [-0.1, -0.05) is 0 Å². The van der Waals surface area contributed by atoms with Crippen LogP contribution in [-0.4, -0.2) is 36.0 Å². The third-order valence-corrected chi connectivity index (χ3v) is 5.16. The number of amides is 1. The highest BCUT2D eigenvalue weighted by atomic mass is 16.5. The van der Waals surface area contributed by atoms with E-state index >= 15 is 0 Å². The molecule has 1 saturated heterocycles. The predicted octanol–water partition coefficient (Wildman–Crippen LogP) is 2.90. The number of carbonyl (C=O) groups is 1. The summed E-state index contributed by atoms with van der Waals surface area (Å²) in [5, 5.41) is 1.22. The van der Waals surface area contributed by atoms with Gasteiger partial charge < -0.3 is 14.6 Å². The standard InChI is InChI=1S/C18H22N2O2/c1-22-13-5-7-17-15(11-13)14-10-12(4-6-16(14)19-17)18(21)20-8-2-3-9-20/h5,7,11-12,19H,2-4,6,8-10H2,1H3. The van der Waals surface area contributed by atoms with E-state index in [-0.39, 0.29) is 5.92 Å². The molecular formula is C18H22N2O2. The van der Waals surface area contributed by atoms with Crippen LogP contribution >= 0.6 is 0 Å². The molecule has 2 aromatic rings. The summed E-state index contributed by atoms with van der Waals surface area (Å²) in [6.45, 7) is 1.90. The maximum Gasteiger partial charge on any atom is 0.226 e. The maximum atomic E-state index is 12.7. The Morgan fingerprint density at radius 3 is 2.91 bits per heavy atom. The van der Waals surface area contributed by atoms with Crippen LogP contribution in [0.1, 0.15) is 30.5 Å². The smallest absolute Gasteiger partial charge is 0.226 e. The van der Waals surface area contributed by atoms with Crippen LogP contribution in [0.3, 0.4) is 0 Å². The lowest BCUT2D eigenvalue weighted by Gasteiger charge is -2.26. The van der Waals surface area contributed by atoms with Crippen molar-refractivity contribution in [1.82, 2.24) is 9.88 Å². The molecule has 1 aliphatic heterocycles. The minimum atomic E-state index is 0.149. The summed E-state index contributed by atoms with van der Waals surface area (Å²) in [6.07, 6.45) is 5.11. The lowest BCUT2D eigenvalue weighted by molar-refractivity contribution is -0.134. The second kappa shape index (κ2) is 5.34. The first-order valence-electron chi connectivity index (χ1n) is 8.22. The van der Waals surface area contributed by atoms with Gasteiger partial charge in [0, 0.05) is 35.6 Å². The Bertz CT molecular complexity index is 713. The molecule has 1 unspecified atom stereocenters. The molecule has 1 aromatic carbocycles. The second-order valence-electron chi connectivity index (χ2n) is 6.47. The van der Waals surface area contributed by atoms with Crippen molar-refractivity contribution in [2.45, 2.75) is 32.1 Å². The van der Waals surface area contributed by atoms with Gasteiger partial charge in [-0.2, -0.15) is 0 Å². The van der Waals surface area contributed by atoms with Crippen molar-refractivity contribution in [3.8, 4) is 5.75 Å². The van der Waals surface area contributed by atoms with Crippen LogP contribution in [0.15, 0.2) is 18.2 Å².